The van der Waals surface area contributed by atoms with Crippen molar-refractivity contribution in [3.8, 4) is 0 Å². The van der Waals surface area contributed by atoms with E-state index in [1.165, 1.54) is 18.2 Å². The second kappa shape index (κ2) is 3.68. The van der Waals surface area contributed by atoms with Crippen molar-refractivity contribution >= 4 is 22.6 Å². The molecule has 0 aliphatic rings. The maximum Gasteiger partial charge on any atom is 0.421 e. The first-order chi connectivity index (χ1) is 7.38. The zero-order valence-electron chi connectivity index (χ0n) is 7.75. The van der Waals surface area contributed by atoms with Crippen LogP contribution in [0.1, 0.15) is 11.9 Å². The number of fused-ring (bicyclic) bond motifs is 1. The lowest BCUT2D eigenvalue weighted by molar-refractivity contribution is -0.211. The van der Waals surface area contributed by atoms with Crippen LogP contribution in [-0.2, 0) is 0 Å². The fourth-order valence-electron chi connectivity index (χ4n) is 1.33. The molecule has 0 bridgehead atoms. The van der Waals surface area contributed by atoms with Crippen LogP contribution in [0.4, 0.5) is 13.2 Å². The molecule has 1 atom stereocenters. The molecule has 86 valence electrons. The van der Waals surface area contributed by atoms with Crippen LogP contribution in [0, 0.1) is 0 Å². The molecule has 2 nitrogen and oxygen atoms in total. The monoisotopic (exact) mass is 250 g/mol. The highest BCUT2D eigenvalue weighted by Gasteiger charge is 2.41. The van der Waals surface area contributed by atoms with Crippen LogP contribution >= 0.6 is 11.6 Å². The molecule has 0 radical (unpaired) electrons. The van der Waals surface area contributed by atoms with Gasteiger partial charge in [0, 0.05) is 10.4 Å². The zero-order chi connectivity index (χ0) is 11.9. The Balaban J connectivity index is 2.47. The number of halogens is 4. The fraction of sp³-hybridized carbons (Fsp3) is 0.200. The third-order valence-corrected chi connectivity index (χ3v) is 2.31. The van der Waals surface area contributed by atoms with Crippen LogP contribution in [0.5, 0.6) is 0 Å². The first-order valence-electron chi connectivity index (χ1n) is 4.32. The van der Waals surface area contributed by atoms with E-state index >= 15 is 0 Å². The Morgan fingerprint density at radius 2 is 1.94 bits per heavy atom. The van der Waals surface area contributed by atoms with Gasteiger partial charge in [0.25, 0.3) is 0 Å². The second-order valence-corrected chi connectivity index (χ2v) is 3.71. The Morgan fingerprint density at radius 3 is 2.56 bits per heavy atom. The normalized spacial score (nSPS) is 14.3. The standard InChI is InChI=1S/C10H6ClF3O2/c11-6-1-2-7-5(3-6)4-8(16-7)9(15)10(12,13)14/h1-4,9,15H. The highest BCUT2D eigenvalue weighted by atomic mass is 35.5. The number of hydrogen-bond acceptors (Lipinski definition) is 2. The molecule has 1 unspecified atom stereocenters. The van der Waals surface area contributed by atoms with E-state index in [9.17, 15) is 13.2 Å². The first kappa shape index (κ1) is 11.3. The van der Waals surface area contributed by atoms with E-state index in [4.69, 9.17) is 21.1 Å². The Labute approximate surface area is 93.2 Å². The van der Waals surface area contributed by atoms with E-state index < -0.39 is 18.0 Å². The van der Waals surface area contributed by atoms with Gasteiger partial charge in [-0.15, -0.1) is 0 Å². The minimum absolute atomic E-state index is 0.253. The number of alkyl halides is 3. The molecule has 0 saturated carbocycles. The molecule has 0 fully saturated rings. The summed E-state index contributed by atoms with van der Waals surface area (Å²) in [6.07, 6.45) is -7.35. The lowest BCUT2D eigenvalue weighted by Gasteiger charge is -2.10. The number of hydrogen-bond donors (Lipinski definition) is 1. The molecule has 0 saturated heterocycles. The lowest BCUT2D eigenvalue weighted by Crippen LogP contribution is -2.19. The van der Waals surface area contributed by atoms with E-state index in [1.807, 2.05) is 0 Å². The van der Waals surface area contributed by atoms with Crippen LogP contribution in [0.15, 0.2) is 28.7 Å². The summed E-state index contributed by atoms with van der Waals surface area (Å²) in [7, 11) is 0. The van der Waals surface area contributed by atoms with Gasteiger partial charge in [0.15, 0.2) is 0 Å². The summed E-state index contributed by atoms with van der Waals surface area (Å²) < 4.78 is 41.5. The summed E-state index contributed by atoms with van der Waals surface area (Å²) in [5.41, 5.74) is 0.253. The second-order valence-electron chi connectivity index (χ2n) is 3.28. The zero-order valence-corrected chi connectivity index (χ0v) is 8.51. The summed E-state index contributed by atoms with van der Waals surface area (Å²) in [6.45, 7) is 0. The van der Waals surface area contributed by atoms with Gasteiger partial charge in [-0.1, -0.05) is 11.6 Å². The molecular formula is C10H6ClF3O2. The highest BCUT2D eigenvalue weighted by molar-refractivity contribution is 6.31. The van der Waals surface area contributed by atoms with Gasteiger partial charge in [-0.3, -0.25) is 0 Å². The average Bonchev–Trinajstić information content (AvgIpc) is 2.57. The number of aliphatic hydroxyl groups excluding tert-OH is 1. The molecule has 1 N–H and O–H groups in total. The van der Waals surface area contributed by atoms with Crippen molar-refractivity contribution in [2.75, 3.05) is 0 Å². The predicted octanol–water partition coefficient (Wildman–Crippen LogP) is 3.68. The van der Waals surface area contributed by atoms with Crippen molar-refractivity contribution in [2.45, 2.75) is 12.3 Å². The van der Waals surface area contributed by atoms with Gasteiger partial charge in [-0.05, 0) is 24.3 Å². The molecule has 1 aromatic carbocycles. The molecule has 6 heteroatoms. The lowest BCUT2D eigenvalue weighted by atomic mass is 10.2. The molecule has 0 aliphatic carbocycles. The minimum Gasteiger partial charge on any atom is -0.458 e. The number of furan rings is 1. The first-order valence-corrected chi connectivity index (χ1v) is 4.69. The molecule has 16 heavy (non-hydrogen) atoms. The molecule has 0 amide bonds. The SMILES string of the molecule is OC(c1cc2cc(Cl)ccc2o1)C(F)(F)F. The summed E-state index contributed by atoms with van der Waals surface area (Å²) in [5.74, 6) is -0.537. The van der Waals surface area contributed by atoms with Crippen LogP contribution in [0.2, 0.25) is 5.02 Å². The van der Waals surface area contributed by atoms with Crippen molar-refractivity contribution in [2.24, 2.45) is 0 Å². The topological polar surface area (TPSA) is 33.4 Å². The van der Waals surface area contributed by atoms with Crippen LogP contribution in [0.25, 0.3) is 11.0 Å². The molecule has 0 aliphatic heterocycles. The highest BCUT2D eigenvalue weighted by Crippen LogP contribution is 2.35. The molecule has 2 rings (SSSR count). The third kappa shape index (κ3) is 2.01. The van der Waals surface area contributed by atoms with Crippen molar-refractivity contribution < 1.29 is 22.7 Å². The van der Waals surface area contributed by atoms with Gasteiger partial charge in [-0.2, -0.15) is 13.2 Å². The maximum absolute atomic E-state index is 12.2. The molecule has 1 heterocycles. The van der Waals surface area contributed by atoms with E-state index in [-0.39, 0.29) is 5.58 Å². The predicted molar refractivity (Wildman–Crippen MR) is 52.2 cm³/mol. The van der Waals surface area contributed by atoms with Gasteiger partial charge in [0.05, 0.1) is 0 Å². The summed E-state index contributed by atoms with van der Waals surface area (Å²) in [5, 5.41) is 9.79. The van der Waals surface area contributed by atoms with Gasteiger partial charge in [-0.25, -0.2) is 0 Å². The quantitative estimate of drug-likeness (QED) is 0.837. The van der Waals surface area contributed by atoms with Crippen molar-refractivity contribution in [1.29, 1.82) is 0 Å². The Morgan fingerprint density at radius 1 is 1.25 bits per heavy atom. The number of aliphatic hydroxyl groups is 1. The third-order valence-electron chi connectivity index (χ3n) is 2.08. The summed E-state index contributed by atoms with van der Waals surface area (Å²) in [4.78, 5) is 0. The maximum atomic E-state index is 12.2. The van der Waals surface area contributed by atoms with Crippen LogP contribution in [-0.4, -0.2) is 11.3 Å². The van der Waals surface area contributed by atoms with E-state index in [0.717, 1.165) is 6.07 Å². The fourth-order valence-corrected chi connectivity index (χ4v) is 1.51. The number of benzene rings is 1. The minimum atomic E-state index is -4.74. The molecule has 0 spiro atoms. The Kier molecular flexibility index (Phi) is 2.59. The van der Waals surface area contributed by atoms with E-state index in [1.54, 1.807) is 0 Å². The Hall–Kier alpha value is -1.20. The average molecular weight is 251 g/mol. The van der Waals surface area contributed by atoms with Gasteiger partial charge >= 0.3 is 6.18 Å². The van der Waals surface area contributed by atoms with Crippen LogP contribution in [0.3, 0.4) is 0 Å². The van der Waals surface area contributed by atoms with Crippen LogP contribution < -0.4 is 0 Å². The van der Waals surface area contributed by atoms with Crippen molar-refractivity contribution in [3.05, 3.63) is 35.0 Å². The summed E-state index contributed by atoms with van der Waals surface area (Å²) in [6, 6.07) is 5.54. The van der Waals surface area contributed by atoms with Crippen molar-refractivity contribution in [3.63, 3.8) is 0 Å². The molecule has 2 aromatic rings. The van der Waals surface area contributed by atoms with E-state index in [0.29, 0.717) is 10.4 Å². The molecule has 1 aromatic heterocycles. The van der Waals surface area contributed by atoms with Gasteiger partial charge < -0.3 is 9.52 Å². The van der Waals surface area contributed by atoms with Gasteiger partial charge in [0.2, 0.25) is 6.10 Å². The summed E-state index contributed by atoms with van der Waals surface area (Å²) >= 11 is 5.67. The van der Waals surface area contributed by atoms with Crippen molar-refractivity contribution in [1.82, 2.24) is 0 Å². The number of rotatable bonds is 1. The smallest absolute Gasteiger partial charge is 0.421 e. The van der Waals surface area contributed by atoms with E-state index in [2.05, 4.69) is 0 Å². The largest absolute Gasteiger partial charge is 0.458 e. The Bertz CT molecular complexity index is 518. The van der Waals surface area contributed by atoms with Gasteiger partial charge in [0.1, 0.15) is 11.3 Å². The molecular weight excluding hydrogens is 245 g/mol.